The first-order valence-electron chi connectivity index (χ1n) is 4.99. The van der Waals surface area contributed by atoms with E-state index in [1.54, 1.807) is 0 Å². The second-order valence-corrected chi connectivity index (χ2v) is 4.60. The molecule has 0 aromatic carbocycles. The molecule has 1 fully saturated rings. The number of imidazole rings is 1. The first-order chi connectivity index (χ1) is 6.86. The third-order valence-corrected chi connectivity index (χ3v) is 3.78. The van der Waals surface area contributed by atoms with Crippen LogP contribution in [0.2, 0.25) is 0 Å². The molecule has 2 nitrogen and oxygen atoms in total. The molecule has 0 N–H and O–H groups in total. The number of aromatic nitrogens is 2. The van der Waals surface area contributed by atoms with Crippen LogP contribution in [0.15, 0.2) is 29.0 Å². The maximum Gasteiger partial charge on any atom is 0.137 e. The number of nitrogens with zero attached hydrogens (tertiary/aromatic N) is 2. The van der Waals surface area contributed by atoms with Crippen molar-refractivity contribution in [1.82, 2.24) is 9.38 Å². The Morgan fingerprint density at radius 2 is 2.21 bits per heavy atom. The van der Waals surface area contributed by atoms with Gasteiger partial charge >= 0.3 is 0 Å². The van der Waals surface area contributed by atoms with Gasteiger partial charge in [0.05, 0.1) is 5.69 Å². The molecule has 0 saturated heterocycles. The molecule has 14 heavy (non-hydrogen) atoms. The standard InChI is InChI=1S/C11H11BrN2/c12-11-10(8-4-3-5-8)13-9-6-1-2-7-14(9)11/h1-2,6-8H,3-5H2. The van der Waals surface area contributed by atoms with Crippen molar-refractivity contribution in [3.63, 3.8) is 0 Å². The SMILES string of the molecule is Brc1c(C2CCC2)nc2ccccn12. The van der Waals surface area contributed by atoms with Crippen molar-refractivity contribution < 1.29 is 0 Å². The zero-order chi connectivity index (χ0) is 9.54. The number of pyridine rings is 1. The van der Waals surface area contributed by atoms with Crippen LogP contribution in [-0.4, -0.2) is 9.38 Å². The molecule has 72 valence electrons. The first kappa shape index (κ1) is 8.48. The molecule has 0 spiro atoms. The number of hydrogen-bond donors (Lipinski definition) is 0. The highest BCUT2D eigenvalue weighted by molar-refractivity contribution is 9.10. The lowest BCUT2D eigenvalue weighted by Crippen LogP contribution is -2.09. The van der Waals surface area contributed by atoms with Gasteiger partial charge in [0, 0.05) is 12.1 Å². The van der Waals surface area contributed by atoms with E-state index in [2.05, 4.69) is 31.5 Å². The smallest absolute Gasteiger partial charge is 0.137 e. The molecule has 0 amide bonds. The summed E-state index contributed by atoms with van der Waals surface area (Å²) in [5.74, 6) is 0.685. The molecule has 3 rings (SSSR count). The lowest BCUT2D eigenvalue weighted by Gasteiger charge is -2.23. The van der Waals surface area contributed by atoms with Crippen LogP contribution in [0.25, 0.3) is 5.65 Å². The molecular formula is C11H11BrN2. The molecule has 0 bridgehead atoms. The van der Waals surface area contributed by atoms with Gasteiger partial charge in [-0.1, -0.05) is 12.5 Å². The van der Waals surface area contributed by atoms with Crippen molar-refractivity contribution in [2.45, 2.75) is 25.2 Å². The summed E-state index contributed by atoms with van der Waals surface area (Å²) in [4.78, 5) is 4.65. The molecule has 3 heteroatoms. The predicted molar refractivity (Wildman–Crippen MR) is 59.5 cm³/mol. The van der Waals surface area contributed by atoms with Gasteiger partial charge in [0.1, 0.15) is 10.3 Å². The van der Waals surface area contributed by atoms with Crippen molar-refractivity contribution in [3.8, 4) is 0 Å². The van der Waals surface area contributed by atoms with Crippen LogP contribution in [0.1, 0.15) is 30.9 Å². The largest absolute Gasteiger partial charge is 0.294 e. The van der Waals surface area contributed by atoms with Crippen LogP contribution in [0.4, 0.5) is 0 Å². The number of hydrogen-bond acceptors (Lipinski definition) is 1. The van der Waals surface area contributed by atoms with Crippen molar-refractivity contribution in [3.05, 3.63) is 34.7 Å². The van der Waals surface area contributed by atoms with Gasteiger partial charge in [0.15, 0.2) is 0 Å². The second-order valence-electron chi connectivity index (χ2n) is 3.84. The highest BCUT2D eigenvalue weighted by Crippen LogP contribution is 2.39. The number of rotatable bonds is 1. The Bertz CT molecular complexity index is 471. The van der Waals surface area contributed by atoms with E-state index in [1.807, 2.05) is 18.2 Å². The molecule has 1 saturated carbocycles. The van der Waals surface area contributed by atoms with Gasteiger partial charge in [-0.3, -0.25) is 4.40 Å². The lowest BCUT2D eigenvalue weighted by atomic mass is 9.83. The lowest BCUT2D eigenvalue weighted by molar-refractivity contribution is 0.411. The minimum Gasteiger partial charge on any atom is -0.294 e. The zero-order valence-electron chi connectivity index (χ0n) is 7.78. The molecule has 2 aromatic heterocycles. The molecule has 2 heterocycles. The Labute approximate surface area is 91.1 Å². The Balaban J connectivity index is 2.19. The Morgan fingerprint density at radius 3 is 2.86 bits per heavy atom. The Hall–Kier alpha value is -0.830. The first-order valence-corrected chi connectivity index (χ1v) is 5.78. The molecule has 1 aliphatic rings. The number of halogens is 1. The van der Waals surface area contributed by atoms with Gasteiger partial charge in [0.2, 0.25) is 0 Å². The van der Waals surface area contributed by atoms with E-state index in [0.29, 0.717) is 5.92 Å². The molecule has 0 radical (unpaired) electrons. The van der Waals surface area contributed by atoms with Crippen molar-refractivity contribution in [1.29, 1.82) is 0 Å². The molecule has 0 atom stereocenters. The third-order valence-electron chi connectivity index (χ3n) is 2.99. The van der Waals surface area contributed by atoms with Crippen molar-refractivity contribution in [2.24, 2.45) is 0 Å². The summed E-state index contributed by atoms with van der Waals surface area (Å²) in [6.45, 7) is 0. The summed E-state index contributed by atoms with van der Waals surface area (Å²) in [6.07, 6.45) is 5.99. The molecule has 1 aliphatic carbocycles. The third kappa shape index (κ3) is 1.12. The topological polar surface area (TPSA) is 17.3 Å². The average Bonchev–Trinajstić information content (AvgIpc) is 2.43. The van der Waals surface area contributed by atoms with E-state index >= 15 is 0 Å². The predicted octanol–water partition coefficient (Wildman–Crippen LogP) is 3.36. The average molecular weight is 251 g/mol. The maximum atomic E-state index is 4.65. The van der Waals surface area contributed by atoms with Crippen LogP contribution < -0.4 is 0 Å². The van der Waals surface area contributed by atoms with E-state index in [4.69, 9.17) is 0 Å². The summed E-state index contributed by atoms with van der Waals surface area (Å²) in [5.41, 5.74) is 2.28. The van der Waals surface area contributed by atoms with E-state index in [1.165, 1.54) is 25.0 Å². The summed E-state index contributed by atoms with van der Waals surface area (Å²) in [6, 6.07) is 6.11. The zero-order valence-corrected chi connectivity index (χ0v) is 9.37. The van der Waals surface area contributed by atoms with Gasteiger partial charge in [0.25, 0.3) is 0 Å². The van der Waals surface area contributed by atoms with Crippen LogP contribution in [0.3, 0.4) is 0 Å². The van der Waals surface area contributed by atoms with Gasteiger partial charge in [-0.15, -0.1) is 0 Å². The minimum absolute atomic E-state index is 0.685. The molecular weight excluding hydrogens is 240 g/mol. The van der Waals surface area contributed by atoms with E-state index in [0.717, 1.165) is 10.3 Å². The number of fused-ring (bicyclic) bond motifs is 1. The summed E-state index contributed by atoms with van der Waals surface area (Å²) in [7, 11) is 0. The second kappa shape index (κ2) is 3.09. The van der Waals surface area contributed by atoms with Gasteiger partial charge in [-0.25, -0.2) is 4.98 Å². The molecule has 0 aliphatic heterocycles. The van der Waals surface area contributed by atoms with Crippen LogP contribution in [0, 0.1) is 0 Å². The molecule has 2 aromatic rings. The highest BCUT2D eigenvalue weighted by Gasteiger charge is 2.25. The van der Waals surface area contributed by atoms with Crippen LogP contribution in [0.5, 0.6) is 0 Å². The minimum atomic E-state index is 0.685. The van der Waals surface area contributed by atoms with Crippen LogP contribution >= 0.6 is 15.9 Å². The van der Waals surface area contributed by atoms with E-state index in [-0.39, 0.29) is 0 Å². The maximum absolute atomic E-state index is 4.65. The van der Waals surface area contributed by atoms with E-state index < -0.39 is 0 Å². The summed E-state index contributed by atoms with van der Waals surface area (Å²) < 4.78 is 3.24. The van der Waals surface area contributed by atoms with Gasteiger partial charge in [-0.05, 0) is 40.9 Å². The monoisotopic (exact) mass is 250 g/mol. The van der Waals surface area contributed by atoms with Crippen molar-refractivity contribution >= 4 is 21.6 Å². The quantitative estimate of drug-likeness (QED) is 0.759. The fraction of sp³-hybridized carbons (Fsp3) is 0.364. The summed E-state index contributed by atoms with van der Waals surface area (Å²) in [5, 5.41) is 0. The Kier molecular flexibility index (Phi) is 1.87. The van der Waals surface area contributed by atoms with Gasteiger partial charge in [-0.2, -0.15) is 0 Å². The fourth-order valence-electron chi connectivity index (χ4n) is 1.93. The molecule has 0 unspecified atom stereocenters. The Morgan fingerprint density at radius 1 is 1.36 bits per heavy atom. The van der Waals surface area contributed by atoms with E-state index in [9.17, 15) is 0 Å². The normalized spacial score (nSPS) is 17.2. The summed E-state index contributed by atoms with van der Waals surface area (Å²) >= 11 is 3.63. The van der Waals surface area contributed by atoms with Crippen LogP contribution in [-0.2, 0) is 0 Å². The van der Waals surface area contributed by atoms with Crippen molar-refractivity contribution in [2.75, 3.05) is 0 Å². The fourth-order valence-corrected chi connectivity index (χ4v) is 2.64. The highest BCUT2D eigenvalue weighted by atomic mass is 79.9. The van der Waals surface area contributed by atoms with Gasteiger partial charge < -0.3 is 0 Å².